The molecule has 0 saturated carbocycles. The van der Waals surface area contributed by atoms with E-state index in [0.29, 0.717) is 5.69 Å². The van der Waals surface area contributed by atoms with Crippen LogP contribution < -0.4 is 5.32 Å². The van der Waals surface area contributed by atoms with Crippen LogP contribution in [0.3, 0.4) is 0 Å². The van der Waals surface area contributed by atoms with E-state index in [0.717, 1.165) is 12.1 Å². The summed E-state index contributed by atoms with van der Waals surface area (Å²) in [5.41, 5.74) is 1.36. The average Bonchev–Trinajstić information content (AvgIpc) is 2.98. The van der Waals surface area contributed by atoms with Gasteiger partial charge >= 0.3 is 0 Å². The molecule has 2 rings (SSSR count). The second-order valence-electron chi connectivity index (χ2n) is 4.73. The topological polar surface area (TPSA) is 45.2 Å². The highest BCUT2D eigenvalue weighted by molar-refractivity contribution is 7.09. The Morgan fingerprint density at radius 2 is 2.30 bits per heavy atom. The van der Waals surface area contributed by atoms with Crippen LogP contribution >= 0.6 is 11.3 Å². The van der Waals surface area contributed by atoms with Crippen molar-refractivity contribution in [1.29, 1.82) is 0 Å². The summed E-state index contributed by atoms with van der Waals surface area (Å²) >= 11 is 1.72. The lowest BCUT2D eigenvalue weighted by molar-refractivity contribution is 0.0738. The van der Waals surface area contributed by atoms with E-state index in [1.54, 1.807) is 28.5 Å². The fourth-order valence-electron chi connectivity index (χ4n) is 1.94. The van der Waals surface area contributed by atoms with Gasteiger partial charge in [0.1, 0.15) is 5.69 Å². The Kier molecular flexibility index (Phi) is 4.74. The van der Waals surface area contributed by atoms with Gasteiger partial charge in [-0.3, -0.25) is 9.78 Å². The van der Waals surface area contributed by atoms with Gasteiger partial charge in [0.2, 0.25) is 0 Å². The Morgan fingerprint density at radius 3 is 2.95 bits per heavy atom. The Morgan fingerprint density at radius 1 is 1.50 bits per heavy atom. The van der Waals surface area contributed by atoms with Gasteiger partial charge in [-0.2, -0.15) is 0 Å². The third-order valence-corrected chi connectivity index (χ3v) is 4.22. The van der Waals surface area contributed by atoms with Crippen molar-refractivity contribution >= 4 is 22.9 Å². The van der Waals surface area contributed by atoms with E-state index >= 15 is 0 Å². The molecule has 1 atom stereocenters. The van der Waals surface area contributed by atoms with Gasteiger partial charge in [0.15, 0.2) is 0 Å². The van der Waals surface area contributed by atoms with Crippen LogP contribution in [-0.4, -0.2) is 35.9 Å². The molecule has 0 aliphatic heterocycles. The number of nitrogens with zero attached hydrogens (tertiary/aromatic N) is 2. The molecule has 106 valence electrons. The number of carbonyl (C=O) groups excluding carboxylic acids is 1. The first-order valence-electron chi connectivity index (χ1n) is 6.55. The van der Waals surface area contributed by atoms with Gasteiger partial charge in [-0.25, -0.2) is 0 Å². The zero-order valence-corrected chi connectivity index (χ0v) is 12.8. The maximum absolute atomic E-state index is 12.4. The van der Waals surface area contributed by atoms with Crippen LogP contribution in [0.5, 0.6) is 0 Å². The number of pyridine rings is 1. The monoisotopic (exact) mass is 289 g/mol. The summed E-state index contributed by atoms with van der Waals surface area (Å²) in [5, 5.41) is 5.08. The van der Waals surface area contributed by atoms with Gasteiger partial charge in [-0.05, 0) is 30.5 Å². The standard InChI is InChI=1S/C15H19N3OS/c1-11(9-13-5-4-8-20-13)18(3)15(19)14-10-12(16-2)6-7-17-14/h4-8,10-11H,9H2,1-3H3,(H,16,17). The maximum atomic E-state index is 12.4. The van der Waals surface area contributed by atoms with E-state index in [9.17, 15) is 4.79 Å². The number of nitrogens with one attached hydrogen (secondary N) is 1. The number of hydrogen-bond acceptors (Lipinski definition) is 4. The molecular formula is C15H19N3OS. The molecule has 0 bridgehead atoms. The van der Waals surface area contributed by atoms with Crippen molar-refractivity contribution in [2.75, 3.05) is 19.4 Å². The summed E-state index contributed by atoms with van der Waals surface area (Å²) in [6.07, 6.45) is 2.52. The molecule has 0 aliphatic rings. The predicted molar refractivity (Wildman–Crippen MR) is 83.4 cm³/mol. The zero-order valence-electron chi connectivity index (χ0n) is 12.0. The third kappa shape index (κ3) is 3.36. The first-order valence-corrected chi connectivity index (χ1v) is 7.43. The maximum Gasteiger partial charge on any atom is 0.272 e. The molecule has 1 amide bonds. The highest BCUT2D eigenvalue weighted by Gasteiger charge is 2.19. The molecule has 2 aromatic rings. The minimum Gasteiger partial charge on any atom is -0.388 e. The van der Waals surface area contributed by atoms with Gasteiger partial charge in [0.25, 0.3) is 5.91 Å². The van der Waals surface area contributed by atoms with Crippen molar-refractivity contribution in [2.45, 2.75) is 19.4 Å². The number of likely N-dealkylation sites (N-methyl/N-ethyl adjacent to an activating group) is 1. The quantitative estimate of drug-likeness (QED) is 0.920. The van der Waals surface area contributed by atoms with Crippen LogP contribution in [0.2, 0.25) is 0 Å². The van der Waals surface area contributed by atoms with E-state index in [1.807, 2.05) is 26.2 Å². The molecule has 1 N–H and O–H groups in total. The Bertz CT molecular complexity index is 568. The Hall–Kier alpha value is -1.88. The minimum atomic E-state index is -0.0499. The number of rotatable bonds is 5. The average molecular weight is 289 g/mol. The lowest BCUT2D eigenvalue weighted by Crippen LogP contribution is -2.36. The SMILES string of the molecule is CNc1ccnc(C(=O)N(C)C(C)Cc2cccs2)c1. The van der Waals surface area contributed by atoms with Gasteiger partial charge in [0, 0.05) is 43.3 Å². The van der Waals surface area contributed by atoms with Crippen LogP contribution in [0.15, 0.2) is 35.8 Å². The molecule has 4 nitrogen and oxygen atoms in total. The molecular weight excluding hydrogens is 270 g/mol. The van der Waals surface area contributed by atoms with E-state index < -0.39 is 0 Å². The van der Waals surface area contributed by atoms with Gasteiger partial charge in [-0.15, -0.1) is 11.3 Å². The Labute approximate surface area is 123 Å². The van der Waals surface area contributed by atoms with Gasteiger partial charge in [0.05, 0.1) is 0 Å². The largest absolute Gasteiger partial charge is 0.388 e. The first-order chi connectivity index (χ1) is 9.61. The molecule has 2 heterocycles. The van der Waals surface area contributed by atoms with E-state index in [2.05, 4.69) is 28.7 Å². The van der Waals surface area contributed by atoms with E-state index in [4.69, 9.17) is 0 Å². The number of thiophene rings is 1. The molecule has 0 spiro atoms. The third-order valence-electron chi connectivity index (χ3n) is 3.33. The van der Waals surface area contributed by atoms with Gasteiger partial charge < -0.3 is 10.2 Å². The highest BCUT2D eigenvalue weighted by atomic mass is 32.1. The fraction of sp³-hybridized carbons (Fsp3) is 0.333. The second-order valence-corrected chi connectivity index (χ2v) is 5.76. The van der Waals surface area contributed by atoms with Crippen LogP contribution in [0.1, 0.15) is 22.3 Å². The number of amides is 1. The van der Waals surface area contributed by atoms with Crippen molar-refractivity contribution in [3.05, 3.63) is 46.4 Å². The molecule has 20 heavy (non-hydrogen) atoms. The molecule has 5 heteroatoms. The summed E-state index contributed by atoms with van der Waals surface area (Å²) in [6, 6.07) is 7.88. The van der Waals surface area contributed by atoms with Crippen molar-refractivity contribution < 1.29 is 4.79 Å². The fourth-order valence-corrected chi connectivity index (χ4v) is 2.77. The van der Waals surface area contributed by atoms with Crippen molar-refractivity contribution in [3.63, 3.8) is 0 Å². The molecule has 0 aromatic carbocycles. The summed E-state index contributed by atoms with van der Waals surface area (Å²) in [5.74, 6) is -0.0499. The smallest absolute Gasteiger partial charge is 0.272 e. The first kappa shape index (κ1) is 14.5. The van der Waals surface area contributed by atoms with Crippen molar-refractivity contribution in [1.82, 2.24) is 9.88 Å². The highest BCUT2D eigenvalue weighted by Crippen LogP contribution is 2.15. The molecule has 0 radical (unpaired) electrons. The second kappa shape index (κ2) is 6.52. The van der Waals surface area contributed by atoms with E-state index in [-0.39, 0.29) is 11.9 Å². The number of anilines is 1. The number of hydrogen-bond donors (Lipinski definition) is 1. The molecule has 0 saturated heterocycles. The lowest BCUT2D eigenvalue weighted by Gasteiger charge is -2.24. The molecule has 0 aliphatic carbocycles. The van der Waals surface area contributed by atoms with Crippen LogP contribution in [0.25, 0.3) is 0 Å². The summed E-state index contributed by atoms with van der Waals surface area (Å²) < 4.78 is 0. The lowest BCUT2D eigenvalue weighted by atomic mass is 10.1. The summed E-state index contributed by atoms with van der Waals surface area (Å²) in [6.45, 7) is 2.06. The summed E-state index contributed by atoms with van der Waals surface area (Å²) in [4.78, 5) is 19.6. The van der Waals surface area contributed by atoms with Crippen LogP contribution in [-0.2, 0) is 6.42 Å². The van der Waals surface area contributed by atoms with Crippen molar-refractivity contribution in [2.24, 2.45) is 0 Å². The number of aromatic nitrogens is 1. The normalized spacial score (nSPS) is 11.9. The molecule has 0 fully saturated rings. The molecule has 2 aromatic heterocycles. The van der Waals surface area contributed by atoms with Crippen LogP contribution in [0, 0.1) is 0 Å². The Balaban J connectivity index is 2.07. The van der Waals surface area contributed by atoms with E-state index in [1.165, 1.54) is 4.88 Å². The van der Waals surface area contributed by atoms with Gasteiger partial charge in [-0.1, -0.05) is 6.07 Å². The number of carbonyl (C=O) groups is 1. The minimum absolute atomic E-state index is 0.0499. The van der Waals surface area contributed by atoms with Crippen molar-refractivity contribution in [3.8, 4) is 0 Å². The summed E-state index contributed by atoms with van der Waals surface area (Å²) in [7, 11) is 3.65. The zero-order chi connectivity index (χ0) is 14.5. The van der Waals surface area contributed by atoms with Crippen LogP contribution in [0.4, 0.5) is 5.69 Å². The predicted octanol–water partition coefficient (Wildman–Crippen LogP) is 2.89. The molecule has 1 unspecified atom stereocenters.